The van der Waals surface area contributed by atoms with Gasteiger partial charge in [-0.1, -0.05) is 13.8 Å². The minimum atomic E-state index is -0.320. The van der Waals surface area contributed by atoms with E-state index in [0.717, 1.165) is 43.1 Å². The van der Waals surface area contributed by atoms with Gasteiger partial charge in [0.1, 0.15) is 0 Å². The number of hydrogen-bond donors (Lipinski definition) is 0. The quantitative estimate of drug-likeness (QED) is 0.531. The Bertz CT molecular complexity index is 551. The fourth-order valence-electron chi connectivity index (χ4n) is 8.30. The van der Waals surface area contributed by atoms with Crippen LogP contribution < -0.4 is 0 Å². The molecule has 1 spiro atoms. The van der Waals surface area contributed by atoms with Crippen molar-refractivity contribution >= 4 is 0 Å². The van der Waals surface area contributed by atoms with E-state index in [0.29, 0.717) is 10.8 Å². The monoisotopic (exact) mass is 348 g/mol. The van der Waals surface area contributed by atoms with Crippen LogP contribution in [-0.2, 0) is 14.2 Å². The summed E-state index contributed by atoms with van der Waals surface area (Å²) in [5.74, 6) is 3.19. The minimum Gasteiger partial charge on any atom is -0.369 e. The summed E-state index contributed by atoms with van der Waals surface area (Å²) >= 11 is 0. The molecule has 4 aliphatic carbocycles. The van der Waals surface area contributed by atoms with Crippen LogP contribution in [0.5, 0.6) is 0 Å². The van der Waals surface area contributed by atoms with Crippen LogP contribution in [0, 0.1) is 34.5 Å². The molecule has 5 fully saturated rings. The molecule has 0 unspecified atom stereocenters. The average molecular weight is 349 g/mol. The molecule has 4 saturated carbocycles. The van der Waals surface area contributed by atoms with E-state index in [4.69, 9.17) is 14.2 Å². The summed E-state index contributed by atoms with van der Waals surface area (Å²) < 4.78 is 17.7. The van der Waals surface area contributed by atoms with Gasteiger partial charge in [0, 0.05) is 32.5 Å². The Labute approximate surface area is 153 Å². The first-order valence-corrected chi connectivity index (χ1v) is 10.7. The molecule has 7 atom stereocenters. The van der Waals surface area contributed by atoms with E-state index in [-0.39, 0.29) is 11.4 Å². The summed E-state index contributed by atoms with van der Waals surface area (Å²) in [7, 11) is 3.66. The molecule has 0 bridgehead atoms. The Morgan fingerprint density at radius 2 is 1.56 bits per heavy atom. The van der Waals surface area contributed by atoms with Crippen LogP contribution in [-0.4, -0.2) is 32.2 Å². The molecule has 5 aliphatic rings. The van der Waals surface area contributed by atoms with Crippen molar-refractivity contribution in [2.75, 3.05) is 20.8 Å². The van der Waals surface area contributed by atoms with Crippen molar-refractivity contribution in [3.8, 4) is 0 Å². The number of fused-ring (bicyclic) bond motifs is 6. The smallest absolute Gasteiger partial charge is 0.167 e. The molecular weight excluding hydrogens is 312 g/mol. The van der Waals surface area contributed by atoms with Gasteiger partial charge in [-0.3, -0.25) is 0 Å². The van der Waals surface area contributed by atoms with Gasteiger partial charge in [0.15, 0.2) is 5.79 Å². The number of hydrogen-bond acceptors (Lipinski definition) is 3. The predicted octanol–water partition coefficient (Wildman–Crippen LogP) is 4.79. The van der Waals surface area contributed by atoms with E-state index < -0.39 is 0 Å². The topological polar surface area (TPSA) is 31.0 Å². The highest BCUT2D eigenvalue weighted by atomic mass is 16.7. The summed E-state index contributed by atoms with van der Waals surface area (Å²) in [6.45, 7) is 6.23. The average Bonchev–Trinajstić information content (AvgIpc) is 3.35. The predicted molar refractivity (Wildman–Crippen MR) is 97.2 cm³/mol. The lowest BCUT2D eigenvalue weighted by atomic mass is 9.44. The first-order valence-electron chi connectivity index (χ1n) is 10.7. The van der Waals surface area contributed by atoms with Crippen molar-refractivity contribution < 1.29 is 14.2 Å². The first kappa shape index (κ1) is 17.0. The van der Waals surface area contributed by atoms with Crippen LogP contribution in [0.4, 0.5) is 0 Å². The van der Waals surface area contributed by atoms with Gasteiger partial charge in [-0.25, -0.2) is 0 Å². The number of ether oxygens (including phenoxy) is 3. The van der Waals surface area contributed by atoms with Gasteiger partial charge in [-0.15, -0.1) is 0 Å². The molecule has 5 rings (SSSR count). The summed E-state index contributed by atoms with van der Waals surface area (Å²) in [5, 5.41) is 0. The molecule has 1 saturated heterocycles. The number of epoxide rings is 1. The number of rotatable bonds is 2. The molecule has 0 aromatic heterocycles. The lowest BCUT2D eigenvalue weighted by molar-refractivity contribution is -0.261. The van der Waals surface area contributed by atoms with Gasteiger partial charge in [0.05, 0.1) is 12.2 Å². The third kappa shape index (κ3) is 2.04. The van der Waals surface area contributed by atoms with Crippen molar-refractivity contribution in [2.24, 2.45) is 34.5 Å². The molecule has 1 heterocycles. The van der Waals surface area contributed by atoms with E-state index in [1.807, 2.05) is 14.2 Å². The molecule has 25 heavy (non-hydrogen) atoms. The Hall–Kier alpha value is -0.120. The SMILES string of the molecule is COC1(OC)CC[C@@]2(C)[C@@H](CC[C@@H]3[C@@H]2CC[C@@]2(C)[C@H]3CC[C@@]23CO3)C1. The lowest BCUT2D eigenvalue weighted by Crippen LogP contribution is -2.57. The minimum absolute atomic E-state index is 0.286. The maximum absolute atomic E-state index is 6.06. The first-order chi connectivity index (χ1) is 11.9. The maximum Gasteiger partial charge on any atom is 0.167 e. The van der Waals surface area contributed by atoms with Crippen LogP contribution >= 0.6 is 0 Å². The fourth-order valence-corrected chi connectivity index (χ4v) is 8.30. The Balaban J connectivity index is 1.42. The molecule has 0 N–H and O–H groups in total. The van der Waals surface area contributed by atoms with Crippen molar-refractivity contribution in [1.29, 1.82) is 0 Å². The summed E-state index contributed by atoms with van der Waals surface area (Å²) in [4.78, 5) is 0. The van der Waals surface area contributed by atoms with E-state index in [9.17, 15) is 0 Å². The highest BCUT2D eigenvalue weighted by Gasteiger charge is 2.70. The van der Waals surface area contributed by atoms with Crippen molar-refractivity contribution in [1.82, 2.24) is 0 Å². The zero-order chi connectivity index (χ0) is 17.5. The molecule has 1 aliphatic heterocycles. The zero-order valence-electron chi connectivity index (χ0n) is 16.6. The zero-order valence-corrected chi connectivity index (χ0v) is 16.6. The summed E-state index contributed by atoms with van der Waals surface area (Å²) in [5.41, 5.74) is 1.24. The third-order valence-corrected chi connectivity index (χ3v) is 10.2. The van der Waals surface area contributed by atoms with Gasteiger partial charge < -0.3 is 14.2 Å². The van der Waals surface area contributed by atoms with E-state index in [1.54, 1.807) is 0 Å². The van der Waals surface area contributed by atoms with Crippen LogP contribution in [0.2, 0.25) is 0 Å². The van der Waals surface area contributed by atoms with E-state index in [2.05, 4.69) is 13.8 Å². The van der Waals surface area contributed by atoms with E-state index in [1.165, 1.54) is 44.9 Å². The molecule has 3 nitrogen and oxygen atoms in total. The van der Waals surface area contributed by atoms with Gasteiger partial charge in [0.25, 0.3) is 0 Å². The van der Waals surface area contributed by atoms with Crippen LogP contribution in [0.3, 0.4) is 0 Å². The second kappa shape index (κ2) is 5.23. The molecule has 142 valence electrons. The molecule has 0 radical (unpaired) electrons. The normalized spacial score (nSPS) is 56.2. The summed E-state index contributed by atoms with van der Waals surface area (Å²) in [6.07, 6.45) is 11.8. The molecular formula is C22H36O3. The largest absolute Gasteiger partial charge is 0.369 e. The van der Waals surface area contributed by atoms with Gasteiger partial charge in [0.2, 0.25) is 0 Å². The summed E-state index contributed by atoms with van der Waals surface area (Å²) in [6, 6.07) is 0. The van der Waals surface area contributed by atoms with Crippen LogP contribution in [0.25, 0.3) is 0 Å². The van der Waals surface area contributed by atoms with Gasteiger partial charge in [-0.05, 0) is 74.0 Å². The lowest BCUT2D eigenvalue weighted by Gasteiger charge is -2.62. The van der Waals surface area contributed by atoms with Gasteiger partial charge in [-0.2, -0.15) is 0 Å². The van der Waals surface area contributed by atoms with Crippen molar-refractivity contribution in [3.05, 3.63) is 0 Å². The highest BCUT2D eigenvalue weighted by molar-refractivity contribution is 5.18. The third-order valence-electron chi connectivity index (χ3n) is 10.2. The Morgan fingerprint density at radius 3 is 2.24 bits per heavy atom. The fraction of sp³-hybridized carbons (Fsp3) is 1.00. The van der Waals surface area contributed by atoms with Crippen LogP contribution in [0.15, 0.2) is 0 Å². The molecule has 0 aromatic carbocycles. The Kier molecular flexibility index (Phi) is 3.56. The highest BCUT2D eigenvalue weighted by Crippen LogP contribution is 2.71. The molecule has 0 amide bonds. The second-order valence-corrected chi connectivity index (χ2v) is 10.5. The number of methoxy groups -OCH3 is 2. The second-order valence-electron chi connectivity index (χ2n) is 10.5. The van der Waals surface area contributed by atoms with E-state index >= 15 is 0 Å². The maximum atomic E-state index is 6.06. The van der Waals surface area contributed by atoms with Gasteiger partial charge >= 0.3 is 0 Å². The Morgan fingerprint density at radius 1 is 0.840 bits per heavy atom. The molecule has 3 heteroatoms. The standard InChI is InChI=1S/C22H36O3/c1-19-11-12-22(23-3,24-4)13-15(19)5-6-16-17(19)7-9-20(2)18(16)8-10-21(20)14-25-21/h15-18H,5-14H2,1-4H3/t15-,16+,17-,18-,19-,20-,21+/m0/s1. The molecule has 0 aromatic rings. The van der Waals surface area contributed by atoms with Crippen molar-refractivity contribution in [2.45, 2.75) is 83.0 Å². The van der Waals surface area contributed by atoms with Crippen molar-refractivity contribution in [3.63, 3.8) is 0 Å². The van der Waals surface area contributed by atoms with Crippen LogP contribution in [0.1, 0.15) is 71.6 Å².